The summed E-state index contributed by atoms with van der Waals surface area (Å²) < 4.78 is 0.463. The molecule has 0 spiro atoms. The minimum atomic E-state index is -0.325. The summed E-state index contributed by atoms with van der Waals surface area (Å²) in [5.74, 6) is 0.624. The molecule has 1 aromatic rings. The highest BCUT2D eigenvalue weighted by atomic mass is 32.2. The molecule has 0 radical (unpaired) electrons. The Morgan fingerprint density at radius 1 is 1.21 bits per heavy atom. The van der Waals surface area contributed by atoms with E-state index in [1.807, 2.05) is 24.9 Å². The van der Waals surface area contributed by atoms with Crippen LogP contribution in [0.25, 0.3) is 0 Å². The molecule has 0 aliphatic rings. The monoisotopic (exact) mass is 441 g/mol. The Morgan fingerprint density at radius 3 is 2.36 bits per heavy atom. The van der Waals surface area contributed by atoms with Crippen molar-refractivity contribution in [3.63, 3.8) is 0 Å². The molecule has 1 amide bonds. The van der Waals surface area contributed by atoms with E-state index in [-0.39, 0.29) is 28.6 Å². The number of amides is 1. The van der Waals surface area contributed by atoms with E-state index in [0.717, 1.165) is 16.4 Å². The lowest BCUT2D eigenvalue weighted by molar-refractivity contribution is -0.136. The molecule has 0 aromatic heterocycles. The third kappa shape index (κ3) is 8.44. The molecule has 1 atom stereocenters. The van der Waals surface area contributed by atoms with E-state index < -0.39 is 0 Å². The highest BCUT2D eigenvalue weighted by Crippen LogP contribution is 2.43. The van der Waals surface area contributed by atoms with Crippen molar-refractivity contribution in [2.45, 2.75) is 52.2 Å². The Labute approximate surface area is 185 Å². The molecule has 0 heterocycles. The molecule has 0 aliphatic heterocycles. The van der Waals surface area contributed by atoms with Crippen LogP contribution in [0.5, 0.6) is 0 Å². The van der Waals surface area contributed by atoms with Crippen LogP contribution >= 0.6 is 35.7 Å². The van der Waals surface area contributed by atoms with E-state index >= 15 is 0 Å². The largest absolute Gasteiger partial charge is 0.396 e. The van der Waals surface area contributed by atoms with Crippen molar-refractivity contribution in [3.05, 3.63) is 35.9 Å². The average Bonchev–Trinajstić information content (AvgIpc) is 2.63. The van der Waals surface area contributed by atoms with Crippen LogP contribution in [0.3, 0.4) is 0 Å². The first-order valence-corrected chi connectivity index (χ1v) is 12.0. The molecule has 1 N–H and O–H groups in total. The normalized spacial score (nSPS) is 13.2. The van der Waals surface area contributed by atoms with E-state index in [0.29, 0.717) is 12.3 Å². The topological polar surface area (TPSA) is 40.5 Å². The maximum atomic E-state index is 13.3. The molecular weight excluding hydrogens is 406 g/mol. The van der Waals surface area contributed by atoms with Crippen molar-refractivity contribution in [1.29, 1.82) is 0 Å². The Kier molecular flexibility index (Phi) is 10.5. The smallest absolute Gasteiger partial charge is 0.226 e. The quantitative estimate of drug-likeness (QED) is 0.501. The van der Waals surface area contributed by atoms with Crippen LogP contribution < -0.4 is 0 Å². The molecule has 0 saturated heterocycles. The lowest BCUT2D eigenvalue weighted by Crippen LogP contribution is -2.45. The average molecular weight is 442 g/mol. The van der Waals surface area contributed by atoms with Crippen LogP contribution in [0.2, 0.25) is 0 Å². The minimum absolute atomic E-state index is 0.0199. The third-order valence-corrected chi connectivity index (χ3v) is 7.73. The van der Waals surface area contributed by atoms with Gasteiger partial charge in [-0.3, -0.25) is 4.79 Å². The van der Waals surface area contributed by atoms with E-state index in [2.05, 4.69) is 52.0 Å². The van der Waals surface area contributed by atoms with Gasteiger partial charge in [0.2, 0.25) is 5.91 Å². The van der Waals surface area contributed by atoms with Gasteiger partial charge in [0.05, 0.1) is 12.5 Å². The second-order valence-corrected chi connectivity index (χ2v) is 12.4. The minimum Gasteiger partial charge on any atom is -0.396 e. The molecule has 0 saturated carbocycles. The number of aliphatic hydroxyl groups is 1. The Bertz CT molecular complexity index is 632. The van der Waals surface area contributed by atoms with Gasteiger partial charge in [-0.1, -0.05) is 56.4 Å². The molecule has 1 rings (SSSR count). The highest BCUT2D eigenvalue weighted by molar-refractivity contribution is 8.47. The predicted octanol–water partition coefficient (Wildman–Crippen LogP) is 5.26. The van der Waals surface area contributed by atoms with Gasteiger partial charge in [0.25, 0.3) is 0 Å². The third-order valence-electron chi connectivity index (χ3n) is 4.93. The first kappa shape index (κ1) is 25.5. The number of rotatable bonds is 10. The molecule has 1 aromatic carbocycles. The fourth-order valence-corrected chi connectivity index (χ4v) is 6.31. The number of carbonyl (C=O) groups excluding carboxylic acids is 1. The predicted molar refractivity (Wildman–Crippen MR) is 129 cm³/mol. The molecule has 158 valence electrons. The Morgan fingerprint density at radius 2 is 1.82 bits per heavy atom. The van der Waals surface area contributed by atoms with Gasteiger partial charge < -0.3 is 10.0 Å². The highest BCUT2D eigenvalue weighted by Gasteiger charge is 2.41. The van der Waals surface area contributed by atoms with Crippen LogP contribution in [0.1, 0.15) is 46.6 Å². The zero-order valence-electron chi connectivity index (χ0n) is 18.0. The summed E-state index contributed by atoms with van der Waals surface area (Å²) in [5.41, 5.74) is 1.27. The summed E-state index contributed by atoms with van der Waals surface area (Å²) in [6.45, 7) is 11.5. The number of carbonyl (C=O) groups is 1. The van der Waals surface area contributed by atoms with Crippen LogP contribution in [-0.4, -0.2) is 50.1 Å². The van der Waals surface area contributed by atoms with E-state index in [1.165, 1.54) is 17.3 Å². The van der Waals surface area contributed by atoms with Gasteiger partial charge in [-0.05, 0) is 44.6 Å². The summed E-state index contributed by atoms with van der Waals surface area (Å²) in [6, 6.07) is 10.5. The number of benzene rings is 1. The first-order valence-electron chi connectivity index (χ1n) is 9.78. The van der Waals surface area contributed by atoms with Gasteiger partial charge in [0, 0.05) is 24.1 Å². The number of hydrogen-bond donors (Lipinski definition) is 1. The molecule has 6 heteroatoms. The van der Waals surface area contributed by atoms with Gasteiger partial charge in [0.1, 0.15) is 3.53 Å². The molecule has 0 fully saturated rings. The van der Waals surface area contributed by atoms with Crippen LogP contribution in [0.15, 0.2) is 30.3 Å². The lowest BCUT2D eigenvalue weighted by atomic mass is 9.74. The van der Waals surface area contributed by atoms with Crippen molar-refractivity contribution < 1.29 is 9.90 Å². The maximum absolute atomic E-state index is 13.3. The number of hydrogen-bond acceptors (Lipinski definition) is 5. The Hall–Kier alpha value is -0.560. The van der Waals surface area contributed by atoms with Crippen molar-refractivity contribution in [2.75, 3.05) is 26.0 Å². The van der Waals surface area contributed by atoms with Gasteiger partial charge in [-0.15, -0.1) is 23.5 Å². The van der Waals surface area contributed by atoms with Gasteiger partial charge >= 0.3 is 0 Å². The number of thiocarbonyl (C=S) groups is 1. The van der Waals surface area contributed by atoms with Crippen LogP contribution in [0.4, 0.5) is 0 Å². The van der Waals surface area contributed by atoms with Gasteiger partial charge in [-0.2, -0.15) is 0 Å². The van der Waals surface area contributed by atoms with Gasteiger partial charge in [0.15, 0.2) is 0 Å². The zero-order chi connectivity index (χ0) is 21.4. The van der Waals surface area contributed by atoms with Crippen molar-refractivity contribution >= 4 is 45.2 Å². The first-order chi connectivity index (χ1) is 13.0. The van der Waals surface area contributed by atoms with Gasteiger partial charge in [-0.25, -0.2) is 0 Å². The Balaban J connectivity index is 3.03. The standard InChI is InChI=1S/C22H35NO2S3/c1-7-23(6)19(25)18(22(4,5)28-20(26)27-14-13-24)16-21(2,3)15-17-11-9-8-10-12-17/h8-12,18,24H,7,13-16H2,1-6H3. The van der Waals surface area contributed by atoms with E-state index in [1.54, 1.807) is 11.8 Å². The second kappa shape index (κ2) is 11.6. The molecule has 0 aliphatic carbocycles. The molecule has 3 nitrogen and oxygen atoms in total. The molecule has 28 heavy (non-hydrogen) atoms. The van der Waals surface area contributed by atoms with Crippen molar-refractivity contribution in [1.82, 2.24) is 4.90 Å². The summed E-state index contributed by atoms with van der Waals surface area (Å²) in [7, 11) is 1.87. The fourth-order valence-electron chi connectivity index (χ4n) is 3.27. The van der Waals surface area contributed by atoms with Crippen molar-refractivity contribution in [3.8, 4) is 0 Å². The molecule has 0 bridgehead atoms. The summed E-state index contributed by atoms with van der Waals surface area (Å²) in [4.78, 5) is 15.1. The summed E-state index contributed by atoms with van der Waals surface area (Å²) in [5, 5.41) is 9.06. The number of thioether (sulfide) groups is 2. The number of aliphatic hydroxyl groups excluding tert-OH is 1. The molecule has 1 unspecified atom stereocenters. The van der Waals surface area contributed by atoms with E-state index in [9.17, 15) is 4.79 Å². The maximum Gasteiger partial charge on any atom is 0.226 e. The zero-order valence-corrected chi connectivity index (χ0v) is 20.5. The molecular formula is C22H35NO2S3. The van der Waals surface area contributed by atoms with Crippen LogP contribution in [-0.2, 0) is 11.2 Å². The SMILES string of the molecule is CCN(C)C(=O)C(CC(C)(C)Cc1ccccc1)C(C)(C)SC(=S)SCCO. The number of nitrogens with zero attached hydrogens (tertiary/aromatic N) is 1. The lowest BCUT2D eigenvalue weighted by Gasteiger charge is -2.39. The fraction of sp³-hybridized carbons (Fsp3) is 0.636. The second-order valence-electron chi connectivity index (χ2n) is 8.46. The van der Waals surface area contributed by atoms with E-state index in [4.69, 9.17) is 17.3 Å². The summed E-state index contributed by atoms with van der Waals surface area (Å²) in [6.07, 6.45) is 1.72. The van der Waals surface area contributed by atoms with Crippen molar-refractivity contribution in [2.24, 2.45) is 11.3 Å². The van der Waals surface area contributed by atoms with Crippen LogP contribution in [0, 0.1) is 11.3 Å². The summed E-state index contributed by atoms with van der Waals surface area (Å²) >= 11 is 8.58.